The molecule has 0 rings (SSSR count). The van der Waals surface area contributed by atoms with Gasteiger partial charge in [0.15, 0.2) is 0 Å². The third-order valence-electron chi connectivity index (χ3n) is 14.8. The van der Waals surface area contributed by atoms with E-state index >= 15 is 0 Å². The standard InChI is InChI=1S/C70H129N2O6P/c1-6-8-10-12-14-16-18-20-22-24-26-28-30-32-33-34-35-36-37-38-40-41-43-45-47-49-51-53-55-57-59-61-63-69(73)68(67-78-79(75,76)77-66-65-72(3,4)5)71-70(74)64-62-60-58-56-54-52-50-48-46-44-42-39-31-29-27-25-23-21-19-17-15-13-11-9-7-2/h9,11,15,17,21,23,27,29,45,47,53,55,61,63,68-69,73H,6-8,10,12-14,16,18-20,22,24-26,28,30-44,46,48-52,54,56-60,62,64-67H2,1-5H3,(H-,71,74,75,76)/p+1/b11-9-,17-15-,23-21-,29-27-,47-45+,55-53+,63-61+. The lowest BCUT2D eigenvalue weighted by Crippen LogP contribution is -2.45. The maximum absolute atomic E-state index is 13.0. The van der Waals surface area contributed by atoms with Crippen LogP contribution in [0.15, 0.2) is 85.1 Å². The molecule has 3 N–H and O–H groups in total. The van der Waals surface area contributed by atoms with E-state index in [1.165, 1.54) is 212 Å². The minimum Gasteiger partial charge on any atom is -0.387 e. The first-order valence-electron chi connectivity index (χ1n) is 33.5. The quantitative estimate of drug-likeness (QED) is 0.0243. The van der Waals surface area contributed by atoms with Crippen LogP contribution in [0.5, 0.6) is 0 Å². The van der Waals surface area contributed by atoms with Crippen molar-refractivity contribution in [2.45, 2.75) is 315 Å². The van der Waals surface area contributed by atoms with Crippen LogP contribution in [-0.4, -0.2) is 73.4 Å². The number of allylic oxidation sites excluding steroid dienone is 13. The van der Waals surface area contributed by atoms with E-state index in [0.29, 0.717) is 17.4 Å². The number of phosphoric acid groups is 1. The molecule has 0 aromatic heterocycles. The Bertz CT molecular complexity index is 1560. The molecular formula is C70H130N2O6P+. The fourth-order valence-corrected chi connectivity index (χ4v) is 10.4. The van der Waals surface area contributed by atoms with Crippen molar-refractivity contribution in [3.63, 3.8) is 0 Å². The lowest BCUT2D eigenvalue weighted by molar-refractivity contribution is -0.870. The van der Waals surface area contributed by atoms with Crippen LogP contribution in [0.4, 0.5) is 0 Å². The normalized spacial score (nSPS) is 14.3. The predicted octanol–water partition coefficient (Wildman–Crippen LogP) is 21.2. The Morgan fingerprint density at radius 3 is 1.16 bits per heavy atom. The molecule has 0 aromatic carbocycles. The zero-order chi connectivity index (χ0) is 57.7. The van der Waals surface area contributed by atoms with Gasteiger partial charge in [-0.15, -0.1) is 0 Å². The molecule has 0 fully saturated rings. The van der Waals surface area contributed by atoms with Gasteiger partial charge in [0, 0.05) is 6.42 Å². The van der Waals surface area contributed by atoms with Gasteiger partial charge < -0.3 is 19.8 Å². The van der Waals surface area contributed by atoms with E-state index in [2.05, 4.69) is 92.1 Å². The van der Waals surface area contributed by atoms with Gasteiger partial charge in [-0.25, -0.2) is 4.57 Å². The Morgan fingerprint density at radius 1 is 0.443 bits per heavy atom. The topological polar surface area (TPSA) is 105 Å². The van der Waals surface area contributed by atoms with Crippen LogP contribution < -0.4 is 5.32 Å². The summed E-state index contributed by atoms with van der Waals surface area (Å²) in [6.45, 7) is 4.70. The molecule has 0 bridgehead atoms. The van der Waals surface area contributed by atoms with Crippen LogP contribution in [0.3, 0.4) is 0 Å². The number of carbonyl (C=O) groups is 1. The number of hydrogen-bond donors (Lipinski definition) is 3. The van der Waals surface area contributed by atoms with Crippen molar-refractivity contribution in [3.8, 4) is 0 Å². The fraction of sp³-hybridized carbons (Fsp3) is 0.786. The molecule has 460 valence electrons. The summed E-state index contributed by atoms with van der Waals surface area (Å²) < 4.78 is 23.8. The molecule has 0 aromatic rings. The number of likely N-dealkylation sites (N-methyl/N-ethyl adjacent to an activating group) is 1. The Hall–Kier alpha value is -2.32. The average Bonchev–Trinajstić information content (AvgIpc) is 3.42. The summed E-state index contributed by atoms with van der Waals surface area (Å²) in [5, 5.41) is 14.0. The van der Waals surface area contributed by atoms with Crippen LogP contribution in [-0.2, 0) is 18.4 Å². The van der Waals surface area contributed by atoms with Crippen molar-refractivity contribution in [2.75, 3.05) is 40.9 Å². The number of unbranched alkanes of at least 4 members (excludes halogenated alkanes) is 36. The highest BCUT2D eigenvalue weighted by Gasteiger charge is 2.28. The molecule has 0 spiro atoms. The lowest BCUT2D eigenvalue weighted by Gasteiger charge is -2.25. The highest BCUT2D eigenvalue weighted by molar-refractivity contribution is 7.47. The van der Waals surface area contributed by atoms with Gasteiger partial charge in [-0.2, -0.15) is 0 Å². The largest absolute Gasteiger partial charge is 0.472 e. The molecule has 1 amide bonds. The zero-order valence-corrected chi connectivity index (χ0v) is 53.5. The number of rotatable bonds is 61. The van der Waals surface area contributed by atoms with E-state index < -0.39 is 20.0 Å². The molecule has 0 radical (unpaired) electrons. The molecule has 79 heavy (non-hydrogen) atoms. The van der Waals surface area contributed by atoms with Crippen LogP contribution in [0.1, 0.15) is 303 Å². The van der Waals surface area contributed by atoms with Gasteiger partial charge in [-0.05, 0) is 83.5 Å². The van der Waals surface area contributed by atoms with Crippen LogP contribution in [0.25, 0.3) is 0 Å². The molecule has 0 aliphatic carbocycles. The number of quaternary nitrogens is 1. The molecule has 3 atom stereocenters. The number of carbonyl (C=O) groups excluding carboxylic acids is 1. The Kier molecular flexibility index (Phi) is 58.5. The summed E-state index contributed by atoms with van der Waals surface area (Å²) in [6, 6.07) is -0.877. The number of amides is 1. The highest BCUT2D eigenvalue weighted by atomic mass is 31.2. The SMILES string of the molecule is CC/C=C\C/C=C\C/C=C\C/C=C\CCCCCCCCCCCCCCC(=O)NC(COP(=O)(O)OCC[N+](C)(C)C)C(O)/C=C/CC/C=C/CC/C=C/CCCCCCCCCCCCCCCCCCCCCCCC. The van der Waals surface area contributed by atoms with Crippen molar-refractivity contribution in [2.24, 2.45) is 0 Å². The minimum absolute atomic E-state index is 0.0501. The second-order valence-electron chi connectivity index (χ2n) is 23.8. The molecule has 8 nitrogen and oxygen atoms in total. The Balaban J connectivity index is 4.17. The van der Waals surface area contributed by atoms with Gasteiger partial charge >= 0.3 is 7.82 Å². The lowest BCUT2D eigenvalue weighted by atomic mass is 10.0. The molecule has 9 heteroatoms. The van der Waals surface area contributed by atoms with Gasteiger partial charge in [0.2, 0.25) is 5.91 Å². The van der Waals surface area contributed by atoms with Crippen molar-refractivity contribution in [1.82, 2.24) is 5.32 Å². The molecular weight excluding hydrogens is 996 g/mol. The summed E-state index contributed by atoms with van der Waals surface area (Å²) in [4.78, 5) is 23.4. The monoisotopic (exact) mass is 1130 g/mol. The summed E-state index contributed by atoms with van der Waals surface area (Å²) in [5.74, 6) is -0.193. The van der Waals surface area contributed by atoms with Gasteiger partial charge in [0.25, 0.3) is 0 Å². The zero-order valence-electron chi connectivity index (χ0n) is 52.6. The maximum atomic E-state index is 13.0. The van der Waals surface area contributed by atoms with Crippen molar-refractivity contribution in [3.05, 3.63) is 85.1 Å². The molecule has 0 saturated carbocycles. The molecule has 0 heterocycles. The molecule has 0 aliphatic rings. The van der Waals surface area contributed by atoms with E-state index in [0.717, 1.165) is 70.6 Å². The predicted molar refractivity (Wildman–Crippen MR) is 346 cm³/mol. The van der Waals surface area contributed by atoms with Crippen LogP contribution in [0.2, 0.25) is 0 Å². The fourth-order valence-electron chi connectivity index (χ4n) is 9.66. The Labute approximate surface area is 490 Å². The van der Waals surface area contributed by atoms with Gasteiger partial charge in [0.05, 0.1) is 39.9 Å². The van der Waals surface area contributed by atoms with Crippen LogP contribution >= 0.6 is 7.82 Å². The first-order valence-corrected chi connectivity index (χ1v) is 35.0. The highest BCUT2D eigenvalue weighted by Crippen LogP contribution is 2.43. The van der Waals surface area contributed by atoms with Crippen molar-refractivity contribution < 1.29 is 32.9 Å². The van der Waals surface area contributed by atoms with E-state index in [1.54, 1.807) is 6.08 Å². The summed E-state index contributed by atoms with van der Waals surface area (Å²) in [5.41, 5.74) is 0. The smallest absolute Gasteiger partial charge is 0.387 e. The van der Waals surface area contributed by atoms with E-state index in [-0.39, 0.29) is 19.1 Å². The third-order valence-corrected chi connectivity index (χ3v) is 15.8. The summed E-state index contributed by atoms with van der Waals surface area (Å²) in [7, 11) is 1.54. The minimum atomic E-state index is -4.37. The van der Waals surface area contributed by atoms with E-state index in [9.17, 15) is 19.4 Å². The first kappa shape index (κ1) is 76.7. The number of nitrogens with zero attached hydrogens (tertiary/aromatic N) is 1. The summed E-state index contributed by atoms with van der Waals surface area (Å²) in [6.07, 6.45) is 85.9. The molecule has 0 aliphatic heterocycles. The van der Waals surface area contributed by atoms with E-state index in [1.807, 2.05) is 27.2 Å². The number of aliphatic hydroxyl groups is 1. The number of hydrogen-bond acceptors (Lipinski definition) is 5. The third kappa shape index (κ3) is 63.1. The van der Waals surface area contributed by atoms with Gasteiger partial charge in [0.1, 0.15) is 13.2 Å². The second kappa shape index (κ2) is 60.3. The number of nitrogens with one attached hydrogen (secondary N) is 1. The van der Waals surface area contributed by atoms with Crippen molar-refractivity contribution >= 4 is 13.7 Å². The first-order chi connectivity index (χ1) is 38.5. The van der Waals surface area contributed by atoms with E-state index in [4.69, 9.17) is 9.05 Å². The number of phosphoric ester groups is 1. The maximum Gasteiger partial charge on any atom is 0.472 e. The van der Waals surface area contributed by atoms with Gasteiger partial charge in [-0.3, -0.25) is 13.8 Å². The average molecular weight is 1130 g/mol. The molecule has 0 saturated heterocycles. The summed E-state index contributed by atoms with van der Waals surface area (Å²) >= 11 is 0. The Morgan fingerprint density at radius 2 is 0.772 bits per heavy atom. The molecule has 3 unspecified atom stereocenters. The van der Waals surface area contributed by atoms with Crippen molar-refractivity contribution in [1.29, 1.82) is 0 Å². The second-order valence-corrected chi connectivity index (χ2v) is 25.3. The number of aliphatic hydroxyl groups excluding tert-OH is 1. The van der Waals surface area contributed by atoms with Crippen LogP contribution in [0, 0.1) is 0 Å². The van der Waals surface area contributed by atoms with Gasteiger partial charge in [-0.1, -0.05) is 298 Å².